The molecule has 1 saturated heterocycles. The number of aliphatic hydroxyl groups excluding tert-OH is 1. The molecule has 1 aliphatic heterocycles. The van der Waals surface area contributed by atoms with Crippen molar-refractivity contribution in [3.63, 3.8) is 0 Å². The number of hydrogen-bond donors (Lipinski definition) is 1. The number of piperidine rings is 1. The molecule has 0 aromatic carbocycles. The zero-order valence-corrected chi connectivity index (χ0v) is 11.7. The van der Waals surface area contributed by atoms with Crippen molar-refractivity contribution in [1.82, 2.24) is 4.90 Å². The van der Waals surface area contributed by atoms with Crippen molar-refractivity contribution in [2.45, 2.75) is 45.6 Å². The maximum absolute atomic E-state index is 11.9. The molecule has 1 saturated carbocycles. The van der Waals surface area contributed by atoms with Crippen LogP contribution in [0.5, 0.6) is 0 Å². The van der Waals surface area contributed by atoms with Gasteiger partial charge in [-0.1, -0.05) is 0 Å². The first-order valence-corrected chi connectivity index (χ1v) is 6.99. The number of rotatable bonds is 2. The molecule has 1 aliphatic carbocycles. The van der Waals surface area contributed by atoms with E-state index in [9.17, 15) is 4.79 Å². The van der Waals surface area contributed by atoms with Gasteiger partial charge >= 0.3 is 6.09 Å². The molecule has 0 unspecified atom stereocenters. The Hall–Kier alpha value is -0.770. The van der Waals surface area contributed by atoms with Gasteiger partial charge in [-0.3, -0.25) is 0 Å². The number of nitrogens with zero attached hydrogens (tertiary/aromatic N) is 1. The summed E-state index contributed by atoms with van der Waals surface area (Å²) in [7, 11) is 0. The van der Waals surface area contributed by atoms with Crippen LogP contribution in [0, 0.1) is 17.8 Å². The van der Waals surface area contributed by atoms with E-state index < -0.39 is 5.60 Å². The average Bonchev–Trinajstić information content (AvgIpc) is 3.06. The molecule has 0 bridgehead atoms. The number of carbonyl (C=O) groups is 1. The molecule has 0 radical (unpaired) electrons. The summed E-state index contributed by atoms with van der Waals surface area (Å²) in [6.07, 6.45) is 3.10. The second-order valence-corrected chi connectivity index (χ2v) is 6.65. The fraction of sp³-hybridized carbons (Fsp3) is 0.929. The molecule has 0 aromatic rings. The monoisotopic (exact) mass is 255 g/mol. The summed E-state index contributed by atoms with van der Waals surface area (Å²) < 4.78 is 5.38. The van der Waals surface area contributed by atoms with E-state index in [0.29, 0.717) is 24.4 Å². The number of likely N-dealkylation sites (tertiary alicyclic amines) is 1. The average molecular weight is 255 g/mol. The second-order valence-electron chi connectivity index (χ2n) is 6.65. The third-order valence-corrected chi connectivity index (χ3v) is 4.01. The van der Waals surface area contributed by atoms with Crippen LogP contribution in [0.2, 0.25) is 0 Å². The first kappa shape index (κ1) is 13.7. The van der Waals surface area contributed by atoms with E-state index in [0.717, 1.165) is 25.9 Å². The summed E-state index contributed by atoms with van der Waals surface area (Å²) in [4.78, 5) is 13.7. The van der Waals surface area contributed by atoms with E-state index in [1.807, 2.05) is 25.7 Å². The van der Waals surface area contributed by atoms with Crippen LogP contribution in [-0.2, 0) is 4.74 Å². The van der Waals surface area contributed by atoms with Gasteiger partial charge in [-0.05, 0) is 57.8 Å². The van der Waals surface area contributed by atoms with Gasteiger partial charge in [0, 0.05) is 19.7 Å². The molecule has 4 heteroatoms. The number of hydrogen-bond acceptors (Lipinski definition) is 3. The van der Waals surface area contributed by atoms with Crippen LogP contribution in [0.25, 0.3) is 0 Å². The minimum Gasteiger partial charge on any atom is -0.444 e. The summed E-state index contributed by atoms with van der Waals surface area (Å²) in [5.74, 6) is 1.93. The SMILES string of the molecule is CC(C)(C)OC(=O)N1CCC([C@H]2C[C@@H]2CO)CC1. The van der Waals surface area contributed by atoms with Crippen molar-refractivity contribution in [2.24, 2.45) is 17.8 Å². The highest BCUT2D eigenvalue weighted by atomic mass is 16.6. The summed E-state index contributed by atoms with van der Waals surface area (Å²) in [5.41, 5.74) is -0.410. The summed E-state index contributed by atoms with van der Waals surface area (Å²) in [5, 5.41) is 9.09. The van der Waals surface area contributed by atoms with Crippen molar-refractivity contribution >= 4 is 6.09 Å². The Balaban J connectivity index is 1.75. The molecule has 2 atom stereocenters. The van der Waals surface area contributed by atoms with E-state index in [1.54, 1.807) is 0 Å². The van der Waals surface area contributed by atoms with E-state index in [4.69, 9.17) is 9.84 Å². The van der Waals surface area contributed by atoms with Gasteiger partial charge in [0.2, 0.25) is 0 Å². The van der Waals surface area contributed by atoms with Gasteiger partial charge in [-0.2, -0.15) is 0 Å². The Morgan fingerprint density at radius 1 is 1.33 bits per heavy atom. The maximum atomic E-state index is 11.9. The number of carbonyl (C=O) groups excluding carboxylic acids is 1. The lowest BCUT2D eigenvalue weighted by atomic mass is 9.91. The third-order valence-electron chi connectivity index (χ3n) is 4.01. The van der Waals surface area contributed by atoms with Crippen molar-refractivity contribution in [3.05, 3.63) is 0 Å². The fourth-order valence-electron chi connectivity index (χ4n) is 2.89. The first-order chi connectivity index (χ1) is 8.40. The highest BCUT2D eigenvalue weighted by molar-refractivity contribution is 5.68. The van der Waals surface area contributed by atoms with Crippen molar-refractivity contribution in [2.75, 3.05) is 19.7 Å². The van der Waals surface area contributed by atoms with Crippen LogP contribution in [0.15, 0.2) is 0 Å². The van der Waals surface area contributed by atoms with E-state index in [1.165, 1.54) is 6.42 Å². The number of aliphatic hydroxyl groups is 1. The molecule has 1 amide bonds. The zero-order chi connectivity index (χ0) is 13.3. The standard InChI is InChI=1S/C14H25NO3/c1-14(2,3)18-13(17)15-6-4-10(5-7-15)12-8-11(12)9-16/h10-12,16H,4-9H2,1-3H3/t11-,12-/m1/s1. The first-order valence-electron chi connectivity index (χ1n) is 6.99. The number of ether oxygens (including phenoxy) is 1. The zero-order valence-electron chi connectivity index (χ0n) is 11.7. The minimum absolute atomic E-state index is 0.185. The summed E-state index contributed by atoms with van der Waals surface area (Å²) in [6.45, 7) is 7.62. The van der Waals surface area contributed by atoms with Crippen molar-refractivity contribution in [3.8, 4) is 0 Å². The molecule has 1 N–H and O–H groups in total. The smallest absolute Gasteiger partial charge is 0.410 e. The molecule has 0 spiro atoms. The van der Waals surface area contributed by atoms with Crippen LogP contribution >= 0.6 is 0 Å². The quantitative estimate of drug-likeness (QED) is 0.823. The fourth-order valence-corrected chi connectivity index (χ4v) is 2.89. The van der Waals surface area contributed by atoms with Gasteiger partial charge in [0.05, 0.1) is 0 Å². The predicted octanol–water partition coefficient (Wildman–Crippen LogP) is 2.26. The third kappa shape index (κ3) is 3.37. The molecule has 2 aliphatic rings. The van der Waals surface area contributed by atoms with Gasteiger partial charge < -0.3 is 14.7 Å². The van der Waals surface area contributed by atoms with E-state index in [-0.39, 0.29) is 6.09 Å². The van der Waals surface area contributed by atoms with Crippen LogP contribution in [0.1, 0.15) is 40.0 Å². The predicted molar refractivity (Wildman–Crippen MR) is 69.2 cm³/mol. The Morgan fingerprint density at radius 2 is 1.94 bits per heavy atom. The molecule has 0 aromatic heterocycles. The van der Waals surface area contributed by atoms with E-state index in [2.05, 4.69) is 0 Å². The van der Waals surface area contributed by atoms with E-state index >= 15 is 0 Å². The highest BCUT2D eigenvalue weighted by Crippen LogP contribution is 2.47. The summed E-state index contributed by atoms with van der Waals surface area (Å²) in [6, 6.07) is 0. The molecule has 18 heavy (non-hydrogen) atoms. The van der Waals surface area contributed by atoms with Crippen LogP contribution in [0.4, 0.5) is 4.79 Å². The Morgan fingerprint density at radius 3 is 2.39 bits per heavy atom. The van der Waals surface area contributed by atoms with Gasteiger partial charge in [-0.25, -0.2) is 4.79 Å². The van der Waals surface area contributed by atoms with Gasteiger partial charge in [-0.15, -0.1) is 0 Å². The molecule has 104 valence electrons. The Bertz CT molecular complexity index is 303. The summed E-state index contributed by atoms with van der Waals surface area (Å²) >= 11 is 0. The minimum atomic E-state index is -0.410. The molecule has 4 nitrogen and oxygen atoms in total. The van der Waals surface area contributed by atoms with Gasteiger partial charge in [0.1, 0.15) is 5.60 Å². The maximum Gasteiger partial charge on any atom is 0.410 e. The lowest BCUT2D eigenvalue weighted by molar-refractivity contribution is 0.0172. The largest absolute Gasteiger partial charge is 0.444 e. The lowest BCUT2D eigenvalue weighted by Gasteiger charge is -2.33. The van der Waals surface area contributed by atoms with Gasteiger partial charge in [0.15, 0.2) is 0 Å². The Labute approximate surface area is 109 Å². The van der Waals surface area contributed by atoms with Crippen LogP contribution in [0.3, 0.4) is 0 Å². The van der Waals surface area contributed by atoms with Crippen LogP contribution in [-0.4, -0.2) is 41.4 Å². The second kappa shape index (κ2) is 5.08. The molecule has 1 heterocycles. The lowest BCUT2D eigenvalue weighted by Crippen LogP contribution is -2.42. The topological polar surface area (TPSA) is 49.8 Å². The van der Waals surface area contributed by atoms with Gasteiger partial charge in [0.25, 0.3) is 0 Å². The van der Waals surface area contributed by atoms with Crippen molar-refractivity contribution < 1.29 is 14.6 Å². The Kier molecular flexibility index (Phi) is 3.85. The molecule has 2 fully saturated rings. The molecular formula is C14H25NO3. The molecule has 2 rings (SSSR count). The highest BCUT2D eigenvalue weighted by Gasteiger charge is 2.43. The molecular weight excluding hydrogens is 230 g/mol. The number of amides is 1. The van der Waals surface area contributed by atoms with Crippen LogP contribution < -0.4 is 0 Å². The normalized spacial score (nSPS) is 29.2. The van der Waals surface area contributed by atoms with Crippen molar-refractivity contribution in [1.29, 1.82) is 0 Å².